The number of hydrogen-bond donors (Lipinski definition) is 2. The highest BCUT2D eigenvalue weighted by Crippen LogP contribution is 2.22. The van der Waals surface area contributed by atoms with Crippen LogP contribution in [0.4, 0.5) is 0 Å². The molecule has 62 valence electrons. The average Bonchev–Trinajstić information content (AvgIpc) is 2.05. The molecule has 0 aromatic heterocycles. The quantitative estimate of drug-likeness (QED) is 0.538. The molecule has 0 radical (unpaired) electrons. The molecule has 0 aliphatic carbocycles. The summed E-state index contributed by atoms with van der Waals surface area (Å²) in [7, 11) is 0. The summed E-state index contributed by atoms with van der Waals surface area (Å²) in [4.78, 5) is 0. The van der Waals surface area contributed by atoms with E-state index in [9.17, 15) is 5.11 Å². The van der Waals surface area contributed by atoms with E-state index in [1.54, 1.807) is 0 Å². The van der Waals surface area contributed by atoms with Gasteiger partial charge in [-0.15, -0.1) is 0 Å². The molecule has 1 rings (SSSR count). The summed E-state index contributed by atoms with van der Waals surface area (Å²) in [5.74, 6) is 0. The van der Waals surface area contributed by atoms with Crippen molar-refractivity contribution in [2.45, 2.75) is 37.8 Å². The maximum atomic E-state index is 9.72. The van der Waals surface area contributed by atoms with E-state index in [1.807, 2.05) is 13.0 Å². The Balaban J connectivity index is 2.67. The zero-order chi connectivity index (χ0) is 8.32. The van der Waals surface area contributed by atoms with E-state index in [0.29, 0.717) is 6.42 Å². The molecule has 3 heteroatoms. The van der Waals surface area contributed by atoms with E-state index in [-0.39, 0.29) is 6.04 Å². The van der Waals surface area contributed by atoms with Crippen molar-refractivity contribution in [3.63, 3.8) is 0 Å². The number of nitriles is 1. The molecule has 2 N–H and O–H groups in total. The molecular weight excluding hydrogens is 140 g/mol. The Labute approximate surface area is 67.0 Å². The van der Waals surface area contributed by atoms with Crippen molar-refractivity contribution in [1.82, 2.24) is 5.32 Å². The van der Waals surface area contributed by atoms with Gasteiger partial charge in [-0.1, -0.05) is 6.92 Å². The molecular formula is C8H14N2O. The van der Waals surface area contributed by atoms with Crippen LogP contribution in [0.3, 0.4) is 0 Å². The molecule has 1 heterocycles. The number of rotatable bonds is 1. The minimum Gasteiger partial charge on any atom is -0.374 e. The molecule has 11 heavy (non-hydrogen) atoms. The maximum Gasteiger partial charge on any atom is 0.166 e. The van der Waals surface area contributed by atoms with Gasteiger partial charge in [0.25, 0.3) is 0 Å². The Morgan fingerprint density at radius 3 is 3.00 bits per heavy atom. The van der Waals surface area contributed by atoms with Crippen molar-refractivity contribution >= 4 is 0 Å². The lowest BCUT2D eigenvalue weighted by molar-refractivity contribution is 0.0270. The highest BCUT2D eigenvalue weighted by Gasteiger charge is 2.37. The predicted octanol–water partition coefficient (Wildman–Crippen LogP) is 0.403. The number of nitrogens with zero attached hydrogens (tertiary/aromatic N) is 1. The summed E-state index contributed by atoms with van der Waals surface area (Å²) in [6.07, 6.45) is 2.31. The predicted molar refractivity (Wildman–Crippen MR) is 41.9 cm³/mol. The standard InChI is InChI=1S/C8H14N2O/c1-2-7-8(11,6-9)4-3-5-10-7/h7,10-11H,2-5H2,1H3. The monoisotopic (exact) mass is 154 g/mol. The van der Waals surface area contributed by atoms with Crippen LogP contribution in [0.25, 0.3) is 0 Å². The van der Waals surface area contributed by atoms with Gasteiger partial charge in [0.05, 0.1) is 6.07 Å². The first-order valence-corrected chi connectivity index (χ1v) is 4.10. The van der Waals surface area contributed by atoms with Gasteiger partial charge in [0.2, 0.25) is 0 Å². The van der Waals surface area contributed by atoms with Crippen LogP contribution in [0.5, 0.6) is 0 Å². The Morgan fingerprint density at radius 1 is 1.82 bits per heavy atom. The number of piperidine rings is 1. The van der Waals surface area contributed by atoms with E-state index >= 15 is 0 Å². The Morgan fingerprint density at radius 2 is 2.55 bits per heavy atom. The van der Waals surface area contributed by atoms with E-state index < -0.39 is 5.60 Å². The van der Waals surface area contributed by atoms with Gasteiger partial charge in [0.15, 0.2) is 5.60 Å². The molecule has 2 unspecified atom stereocenters. The van der Waals surface area contributed by atoms with Crippen LogP contribution < -0.4 is 5.32 Å². The second kappa shape index (κ2) is 3.21. The molecule has 1 saturated heterocycles. The fourth-order valence-electron chi connectivity index (χ4n) is 1.59. The smallest absolute Gasteiger partial charge is 0.166 e. The second-order valence-corrected chi connectivity index (χ2v) is 3.05. The zero-order valence-electron chi connectivity index (χ0n) is 6.80. The van der Waals surface area contributed by atoms with Crippen LogP contribution in [-0.2, 0) is 0 Å². The lowest BCUT2D eigenvalue weighted by Gasteiger charge is -2.34. The number of nitrogens with one attached hydrogen (secondary N) is 1. The highest BCUT2D eigenvalue weighted by molar-refractivity contribution is 5.09. The molecule has 0 spiro atoms. The van der Waals surface area contributed by atoms with Gasteiger partial charge >= 0.3 is 0 Å². The van der Waals surface area contributed by atoms with Crippen molar-refractivity contribution in [3.8, 4) is 6.07 Å². The van der Waals surface area contributed by atoms with Gasteiger partial charge in [-0.3, -0.25) is 0 Å². The fraction of sp³-hybridized carbons (Fsp3) is 0.875. The van der Waals surface area contributed by atoms with Crippen molar-refractivity contribution in [1.29, 1.82) is 5.26 Å². The minimum absolute atomic E-state index is 0.0405. The molecule has 2 atom stereocenters. The highest BCUT2D eigenvalue weighted by atomic mass is 16.3. The summed E-state index contributed by atoms with van der Waals surface area (Å²) < 4.78 is 0. The van der Waals surface area contributed by atoms with Crippen molar-refractivity contribution in [3.05, 3.63) is 0 Å². The average molecular weight is 154 g/mol. The van der Waals surface area contributed by atoms with Crippen molar-refractivity contribution in [2.75, 3.05) is 6.54 Å². The number of aliphatic hydroxyl groups is 1. The number of hydrogen-bond acceptors (Lipinski definition) is 3. The van der Waals surface area contributed by atoms with Crippen LogP contribution in [0.2, 0.25) is 0 Å². The molecule has 1 aliphatic heterocycles. The summed E-state index contributed by atoms with van der Waals surface area (Å²) in [6.45, 7) is 2.90. The fourth-order valence-corrected chi connectivity index (χ4v) is 1.59. The van der Waals surface area contributed by atoms with Crippen molar-refractivity contribution in [2.24, 2.45) is 0 Å². The first kappa shape index (κ1) is 8.51. The van der Waals surface area contributed by atoms with Gasteiger partial charge in [-0.25, -0.2) is 0 Å². The van der Waals surface area contributed by atoms with Crippen LogP contribution in [0.15, 0.2) is 0 Å². The molecule has 1 aliphatic rings. The van der Waals surface area contributed by atoms with Gasteiger partial charge in [-0.05, 0) is 25.8 Å². The summed E-state index contributed by atoms with van der Waals surface area (Å²) in [5, 5.41) is 21.6. The Bertz CT molecular complexity index is 175. The Hall–Kier alpha value is -0.590. The molecule has 0 aromatic rings. The molecule has 0 aromatic carbocycles. The topological polar surface area (TPSA) is 56.0 Å². The molecule has 3 nitrogen and oxygen atoms in total. The van der Waals surface area contributed by atoms with E-state index in [1.165, 1.54) is 0 Å². The molecule has 0 bridgehead atoms. The maximum absolute atomic E-state index is 9.72. The molecule has 1 fully saturated rings. The third-order valence-corrected chi connectivity index (χ3v) is 2.30. The Kier molecular flexibility index (Phi) is 2.48. The lowest BCUT2D eigenvalue weighted by atomic mass is 9.86. The molecule has 0 amide bonds. The molecule has 0 saturated carbocycles. The van der Waals surface area contributed by atoms with Gasteiger partial charge in [0, 0.05) is 6.04 Å². The SMILES string of the molecule is CCC1NCCCC1(O)C#N. The van der Waals surface area contributed by atoms with Crippen LogP contribution >= 0.6 is 0 Å². The zero-order valence-corrected chi connectivity index (χ0v) is 6.80. The first-order valence-electron chi connectivity index (χ1n) is 4.10. The first-order chi connectivity index (χ1) is 5.23. The van der Waals surface area contributed by atoms with Gasteiger partial charge < -0.3 is 10.4 Å². The normalized spacial score (nSPS) is 38.1. The van der Waals surface area contributed by atoms with Crippen LogP contribution in [-0.4, -0.2) is 23.3 Å². The summed E-state index contributed by atoms with van der Waals surface area (Å²) in [5.41, 5.74) is -1.12. The van der Waals surface area contributed by atoms with Crippen LogP contribution in [0, 0.1) is 11.3 Å². The third-order valence-electron chi connectivity index (χ3n) is 2.30. The van der Waals surface area contributed by atoms with Crippen LogP contribution in [0.1, 0.15) is 26.2 Å². The third kappa shape index (κ3) is 1.52. The summed E-state index contributed by atoms with van der Waals surface area (Å²) in [6, 6.07) is 1.93. The largest absolute Gasteiger partial charge is 0.374 e. The second-order valence-electron chi connectivity index (χ2n) is 3.05. The van der Waals surface area contributed by atoms with E-state index in [2.05, 4.69) is 5.32 Å². The summed E-state index contributed by atoms with van der Waals surface area (Å²) >= 11 is 0. The van der Waals surface area contributed by atoms with Gasteiger partial charge in [-0.2, -0.15) is 5.26 Å². The van der Waals surface area contributed by atoms with Gasteiger partial charge in [0.1, 0.15) is 0 Å². The lowest BCUT2D eigenvalue weighted by Crippen LogP contribution is -2.53. The van der Waals surface area contributed by atoms with E-state index in [0.717, 1.165) is 19.4 Å². The minimum atomic E-state index is -1.12. The van der Waals surface area contributed by atoms with Crippen molar-refractivity contribution < 1.29 is 5.11 Å². The van der Waals surface area contributed by atoms with E-state index in [4.69, 9.17) is 5.26 Å².